The minimum atomic E-state index is 0.705. The van der Waals surface area contributed by atoms with Crippen LogP contribution < -0.4 is 24.3 Å². The number of methoxy groups -OCH3 is 4. The average Bonchev–Trinajstić information content (AvgIpc) is 2.69. The van der Waals surface area contributed by atoms with Crippen LogP contribution in [-0.2, 0) is 6.42 Å². The van der Waals surface area contributed by atoms with Crippen LogP contribution in [0.5, 0.6) is 23.0 Å². The lowest BCUT2D eigenvalue weighted by molar-refractivity contribution is 0.357. The molecule has 5 heteroatoms. The van der Waals surface area contributed by atoms with Crippen molar-refractivity contribution in [1.82, 2.24) is 5.32 Å². The number of ether oxygens (including phenoxy) is 4. The maximum Gasteiger partial charge on any atom is 0.169 e. The quantitative estimate of drug-likeness (QED) is 0.654. The van der Waals surface area contributed by atoms with E-state index in [1.165, 1.54) is 5.56 Å². The Kier molecular flexibility index (Phi) is 5.38. The minimum Gasteiger partial charge on any atom is -0.493 e. The molecule has 5 nitrogen and oxygen atoms in total. The molecule has 0 bridgehead atoms. The van der Waals surface area contributed by atoms with Gasteiger partial charge in [0.1, 0.15) is 0 Å². The van der Waals surface area contributed by atoms with E-state index in [0.717, 1.165) is 46.0 Å². The fourth-order valence-corrected chi connectivity index (χ4v) is 3.49. The van der Waals surface area contributed by atoms with E-state index in [1.54, 1.807) is 28.4 Å². The van der Waals surface area contributed by atoms with E-state index in [1.807, 2.05) is 19.2 Å². The van der Waals surface area contributed by atoms with Gasteiger partial charge in [0, 0.05) is 10.8 Å². The van der Waals surface area contributed by atoms with Crippen LogP contribution in [0.4, 0.5) is 0 Å². The molecule has 26 heavy (non-hydrogen) atoms. The number of hydrogen-bond acceptors (Lipinski definition) is 5. The molecule has 3 aromatic carbocycles. The van der Waals surface area contributed by atoms with Crippen molar-refractivity contribution in [2.24, 2.45) is 0 Å². The molecule has 0 aliphatic carbocycles. The fraction of sp³-hybridized carbons (Fsp3) is 0.333. The summed E-state index contributed by atoms with van der Waals surface area (Å²) >= 11 is 0. The highest BCUT2D eigenvalue weighted by Gasteiger charge is 2.18. The lowest BCUT2D eigenvalue weighted by Crippen LogP contribution is -2.10. The van der Waals surface area contributed by atoms with E-state index in [4.69, 9.17) is 18.9 Å². The Balaban J connectivity index is 2.44. The smallest absolute Gasteiger partial charge is 0.169 e. The minimum absolute atomic E-state index is 0.705. The Morgan fingerprint density at radius 3 is 2.00 bits per heavy atom. The maximum atomic E-state index is 5.73. The Morgan fingerprint density at radius 1 is 0.731 bits per heavy atom. The molecule has 0 aliphatic rings. The molecule has 0 atom stereocenters. The van der Waals surface area contributed by atoms with E-state index in [2.05, 4.69) is 23.5 Å². The highest BCUT2D eigenvalue weighted by atomic mass is 16.5. The zero-order valence-corrected chi connectivity index (χ0v) is 15.9. The first-order valence-electron chi connectivity index (χ1n) is 8.56. The first kappa shape index (κ1) is 18.1. The van der Waals surface area contributed by atoms with Crippen molar-refractivity contribution in [3.8, 4) is 23.0 Å². The van der Waals surface area contributed by atoms with Crippen LogP contribution in [0.25, 0.3) is 21.5 Å². The molecule has 3 aromatic rings. The number of rotatable bonds is 7. The molecule has 0 fully saturated rings. The summed E-state index contributed by atoms with van der Waals surface area (Å²) < 4.78 is 22.4. The van der Waals surface area contributed by atoms with Gasteiger partial charge < -0.3 is 24.3 Å². The van der Waals surface area contributed by atoms with Crippen LogP contribution in [0.3, 0.4) is 0 Å². The van der Waals surface area contributed by atoms with Crippen LogP contribution in [0.2, 0.25) is 0 Å². The van der Waals surface area contributed by atoms with E-state index in [9.17, 15) is 0 Å². The third-order valence-electron chi connectivity index (χ3n) is 4.71. The van der Waals surface area contributed by atoms with Gasteiger partial charge in [0.15, 0.2) is 23.0 Å². The fourth-order valence-electron chi connectivity index (χ4n) is 3.49. The number of likely N-dealkylation sites (N-methyl/N-ethyl adjacent to an activating group) is 1. The van der Waals surface area contributed by atoms with Gasteiger partial charge in [-0.1, -0.05) is 6.07 Å². The van der Waals surface area contributed by atoms with Crippen molar-refractivity contribution in [3.05, 3.63) is 35.9 Å². The first-order valence-corrected chi connectivity index (χ1v) is 8.56. The molecule has 0 aromatic heterocycles. The van der Waals surface area contributed by atoms with Gasteiger partial charge in [-0.2, -0.15) is 0 Å². The number of fused-ring (bicyclic) bond motifs is 3. The zero-order valence-electron chi connectivity index (χ0n) is 15.9. The number of nitrogens with one attached hydrogen (secondary N) is 1. The predicted octanol–water partition coefficient (Wildman–Crippen LogP) is 3.79. The summed E-state index contributed by atoms with van der Waals surface area (Å²) in [6.45, 7) is 0.883. The summed E-state index contributed by atoms with van der Waals surface area (Å²) in [4.78, 5) is 0. The molecule has 138 valence electrons. The average molecular weight is 355 g/mol. The van der Waals surface area contributed by atoms with Gasteiger partial charge >= 0.3 is 0 Å². The molecule has 0 spiro atoms. The van der Waals surface area contributed by atoms with Crippen LogP contribution >= 0.6 is 0 Å². The third-order valence-corrected chi connectivity index (χ3v) is 4.71. The summed E-state index contributed by atoms with van der Waals surface area (Å²) in [5, 5.41) is 7.40. The van der Waals surface area contributed by atoms with Crippen molar-refractivity contribution < 1.29 is 18.9 Å². The summed E-state index contributed by atoms with van der Waals surface area (Å²) in [5.74, 6) is 2.88. The Bertz CT molecular complexity index is 937. The second-order valence-electron chi connectivity index (χ2n) is 6.01. The second kappa shape index (κ2) is 7.70. The van der Waals surface area contributed by atoms with E-state index < -0.39 is 0 Å². The van der Waals surface area contributed by atoms with Gasteiger partial charge in [-0.25, -0.2) is 0 Å². The molecule has 1 N–H and O–H groups in total. The molecule has 0 radical (unpaired) electrons. The largest absolute Gasteiger partial charge is 0.493 e. The van der Waals surface area contributed by atoms with Crippen molar-refractivity contribution in [2.75, 3.05) is 42.0 Å². The maximum absolute atomic E-state index is 5.73. The van der Waals surface area contributed by atoms with Gasteiger partial charge in [-0.05, 0) is 60.6 Å². The number of hydrogen-bond donors (Lipinski definition) is 1. The Morgan fingerprint density at radius 2 is 1.38 bits per heavy atom. The van der Waals surface area contributed by atoms with Gasteiger partial charge in [0.2, 0.25) is 0 Å². The monoisotopic (exact) mass is 355 g/mol. The molecule has 0 heterocycles. The van der Waals surface area contributed by atoms with Crippen molar-refractivity contribution in [2.45, 2.75) is 6.42 Å². The normalized spacial score (nSPS) is 11.0. The van der Waals surface area contributed by atoms with Gasteiger partial charge in [0.05, 0.1) is 28.4 Å². The molecule has 0 saturated carbocycles. The van der Waals surface area contributed by atoms with Crippen molar-refractivity contribution in [1.29, 1.82) is 0 Å². The Labute approximate surface area is 153 Å². The lowest BCUT2D eigenvalue weighted by Gasteiger charge is -2.18. The van der Waals surface area contributed by atoms with Gasteiger partial charge in [-0.3, -0.25) is 0 Å². The van der Waals surface area contributed by atoms with Crippen LogP contribution in [-0.4, -0.2) is 42.0 Å². The van der Waals surface area contributed by atoms with Crippen molar-refractivity contribution in [3.63, 3.8) is 0 Å². The SMILES string of the molecule is CNCCc1cc(OC)c(OC)c2c1ccc1c(OC)c(OC)ccc12. The molecule has 0 amide bonds. The standard InChI is InChI=1S/C21H25NO4/c1-22-11-10-13-12-18(24-3)21(26-5)19-14(13)6-7-16-15(19)8-9-17(23-2)20(16)25-4/h6-9,12,22H,10-11H2,1-5H3. The predicted molar refractivity (Wildman–Crippen MR) is 105 cm³/mol. The topological polar surface area (TPSA) is 49.0 Å². The molecule has 3 rings (SSSR count). The number of benzene rings is 3. The van der Waals surface area contributed by atoms with Crippen LogP contribution in [0.1, 0.15) is 5.56 Å². The van der Waals surface area contributed by atoms with Gasteiger partial charge in [-0.15, -0.1) is 0 Å². The summed E-state index contributed by atoms with van der Waals surface area (Å²) in [7, 11) is 8.59. The lowest BCUT2D eigenvalue weighted by atomic mass is 9.95. The molecule has 0 unspecified atom stereocenters. The summed E-state index contributed by atoms with van der Waals surface area (Å²) in [6, 6.07) is 10.2. The van der Waals surface area contributed by atoms with Crippen molar-refractivity contribution >= 4 is 21.5 Å². The zero-order chi connectivity index (χ0) is 18.7. The molecular formula is C21H25NO4. The Hall–Kier alpha value is -2.66. The second-order valence-corrected chi connectivity index (χ2v) is 6.01. The van der Waals surface area contributed by atoms with E-state index in [-0.39, 0.29) is 0 Å². The first-order chi connectivity index (χ1) is 12.7. The van der Waals surface area contributed by atoms with Gasteiger partial charge in [0.25, 0.3) is 0 Å². The van der Waals surface area contributed by atoms with E-state index in [0.29, 0.717) is 11.5 Å². The third kappa shape index (κ3) is 2.88. The highest BCUT2D eigenvalue weighted by molar-refractivity contribution is 6.14. The summed E-state index contributed by atoms with van der Waals surface area (Å²) in [5.41, 5.74) is 1.21. The molecular weight excluding hydrogens is 330 g/mol. The van der Waals surface area contributed by atoms with Crippen LogP contribution in [0, 0.1) is 0 Å². The molecule has 0 aliphatic heterocycles. The van der Waals surface area contributed by atoms with Crippen LogP contribution in [0.15, 0.2) is 30.3 Å². The van der Waals surface area contributed by atoms with E-state index >= 15 is 0 Å². The molecule has 0 saturated heterocycles. The summed E-state index contributed by atoms with van der Waals surface area (Å²) in [6.07, 6.45) is 0.895. The highest BCUT2D eigenvalue weighted by Crippen LogP contribution is 2.45.